The molecule has 0 aliphatic rings. The fourth-order valence-corrected chi connectivity index (χ4v) is 2.71. The predicted molar refractivity (Wildman–Crippen MR) is 91.5 cm³/mol. The Balaban J connectivity index is 2.39. The molecule has 8 heteroatoms. The van der Waals surface area contributed by atoms with Gasteiger partial charge in [-0.05, 0) is 34.5 Å². The Morgan fingerprint density at radius 1 is 1.46 bits per heavy atom. The summed E-state index contributed by atoms with van der Waals surface area (Å²) in [6, 6.07) is 5.16. The number of carbonyl (C=O) groups excluding carboxylic acids is 1. The van der Waals surface area contributed by atoms with Crippen molar-refractivity contribution in [3.05, 3.63) is 40.3 Å². The summed E-state index contributed by atoms with van der Waals surface area (Å²) in [6.45, 7) is 1.79. The number of hydrogen-bond acceptors (Lipinski definition) is 5. The second-order valence-electron chi connectivity index (χ2n) is 5.05. The zero-order valence-corrected chi connectivity index (χ0v) is 14.7. The van der Waals surface area contributed by atoms with Crippen molar-refractivity contribution in [3.8, 4) is 11.3 Å². The zero-order valence-electron chi connectivity index (χ0n) is 13.1. The first-order valence-electron chi connectivity index (χ1n) is 7.13. The number of nitrogens with one attached hydrogen (secondary N) is 2. The molecule has 0 amide bonds. The lowest BCUT2D eigenvalue weighted by atomic mass is 10.00. The highest BCUT2D eigenvalue weighted by Gasteiger charge is 2.24. The number of imidazole rings is 1. The van der Waals surface area contributed by atoms with Crippen LogP contribution in [-0.4, -0.2) is 39.8 Å². The SMILES string of the molecule is CCC(C(=N)C(=O)O)c1ncc(-c2ccc(Br)c(C(=O)OC)c2)[nH]1. The molecule has 1 atom stereocenters. The van der Waals surface area contributed by atoms with Crippen LogP contribution in [0.2, 0.25) is 0 Å². The second kappa shape index (κ2) is 7.39. The molecule has 0 bridgehead atoms. The van der Waals surface area contributed by atoms with Gasteiger partial charge in [-0.15, -0.1) is 0 Å². The Morgan fingerprint density at radius 2 is 2.17 bits per heavy atom. The Hall–Kier alpha value is -2.48. The van der Waals surface area contributed by atoms with Gasteiger partial charge in [0.05, 0.1) is 30.5 Å². The molecule has 2 rings (SSSR count). The highest BCUT2D eigenvalue weighted by molar-refractivity contribution is 9.10. The van der Waals surface area contributed by atoms with Gasteiger partial charge in [0.1, 0.15) is 11.5 Å². The van der Waals surface area contributed by atoms with Gasteiger partial charge < -0.3 is 14.8 Å². The molecule has 0 radical (unpaired) electrons. The summed E-state index contributed by atoms with van der Waals surface area (Å²) in [6.07, 6.45) is 1.99. The Labute approximate surface area is 146 Å². The molecule has 0 aliphatic heterocycles. The summed E-state index contributed by atoms with van der Waals surface area (Å²) >= 11 is 3.30. The number of rotatable bonds is 6. The van der Waals surface area contributed by atoms with Crippen LogP contribution in [0.25, 0.3) is 11.3 Å². The first kappa shape index (κ1) is 17.9. The molecule has 0 spiro atoms. The van der Waals surface area contributed by atoms with Gasteiger partial charge in [0, 0.05) is 10.0 Å². The van der Waals surface area contributed by atoms with Crippen LogP contribution < -0.4 is 0 Å². The van der Waals surface area contributed by atoms with Gasteiger partial charge in [-0.1, -0.05) is 13.0 Å². The second-order valence-corrected chi connectivity index (χ2v) is 5.90. The lowest BCUT2D eigenvalue weighted by Gasteiger charge is -2.10. The molecule has 7 nitrogen and oxygen atoms in total. The topological polar surface area (TPSA) is 116 Å². The molecule has 1 heterocycles. The summed E-state index contributed by atoms with van der Waals surface area (Å²) in [5, 5.41) is 16.7. The minimum atomic E-state index is -1.27. The number of aromatic amines is 1. The molecular weight excluding hydrogens is 378 g/mol. The van der Waals surface area contributed by atoms with E-state index in [1.807, 2.05) is 0 Å². The number of benzene rings is 1. The van der Waals surface area contributed by atoms with Crippen molar-refractivity contribution in [3.63, 3.8) is 0 Å². The van der Waals surface area contributed by atoms with Crippen molar-refractivity contribution < 1.29 is 19.4 Å². The number of halogens is 1. The number of esters is 1. The van der Waals surface area contributed by atoms with Crippen molar-refractivity contribution in [1.29, 1.82) is 5.41 Å². The van der Waals surface area contributed by atoms with Crippen molar-refractivity contribution in [2.45, 2.75) is 19.3 Å². The molecule has 1 unspecified atom stereocenters. The molecule has 2 aromatic rings. The molecule has 0 saturated heterocycles. The minimum absolute atomic E-state index is 0.372. The summed E-state index contributed by atoms with van der Waals surface area (Å²) in [5.74, 6) is -1.95. The van der Waals surface area contributed by atoms with Crippen molar-refractivity contribution in [1.82, 2.24) is 9.97 Å². The lowest BCUT2D eigenvalue weighted by Crippen LogP contribution is -2.21. The van der Waals surface area contributed by atoms with Crippen LogP contribution in [0.15, 0.2) is 28.9 Å². The highest BCUT2D eigenvalue weighted by atomic mass is 79.9. The molecule has 126 valence electrons. The van der Waals surface area contributed by atoms with Crippen molar-refractivity contribution >= 4 is 33.6 Å². The molecule has 1 aromatic heterocycles. The number of H-pyrrole nitrogens is 1. The van der Waals surface area contributed by atoms with Crippen molar-refractivity contribution in [2.75, 3.05) is 7.11 Å². The maximum absolute atomic E-state index is 11.8. The number of nitrogens with zero attached hydrogens (tertiary/aromatic N) is 1. The van der Waals surface area contributed by atoms with Gasteiger partial charge in [-0.3, -0.25) is 5.41 Å². The molecular formula is C16H16BrN3O4. The van der Waals surface area contributed by atoms with Gasteiger partial charge in [0.15, 0.2) is 0 Å². The van der Waals surface area contributed by atoms with E-state index in [1.54, 1.807) is 31.3 Å². The Bertz CT molecular complexity index is 800. The van der Waals surface area contributed by atoms with E-state index in [1.165, 1.54) is 7.11 Å². The van der Waals surface area contributed by atoms with E-state index < -0.39 is 23.6 Å². The fraction of sp³-hybridized carbons (Fsp3) is 0.250. The van der Waals surface area contributed by atoms with Crippen molar-refractivity contribution in [2.24, 2.45) is 0 Å². The van der Waals surface area contributed by atoms with E-state index in [2.05, 4.69) is 25.9 Å². The van der Waals surface area contributed by atoms with Crippen LogP contribution >= 0.6 is 15.9 Å². The van der Waals surface area contributed by atoms with Crippen LogP contribution in [0.4, 0.5) is 0 Å². The normalized spacial score (nSPS) is 11.8. The summed E-state index contributed by atoms with van der Waals surface area (Å²) in [4.78, 5) is 30.0. The van der Waals surface area contributed by atoms with Gasteiger partial charge in [0.25, 0.3) is 0 Å². The van der Waals surface area contributed by atoms with Crippen LogP contribution in [0.3, 0.4) is 0 Å². The summed E-state index contributed by atoms with van der Waals surface area (Å²) in [5.41, 5.74) is 1.29. The average molecular weight is 394 g/mol. The number of aliphatic carboxylic acids is 1. The van der Waals surface area contributed by atoms with Gasteiger partial charge >= 0.3 is 11.9 Å². The number of ether oxygens (including phenoxy) is 1. The van der Waals surface area contributed by atoms with Crippen LogP contribution in [-0.2, 0) is 9.53 Å². The molecule has 0 aliphatic carbocycles. The number of methoxy groups -OCH3 is 1. The molecule has 0 fully saturated rings. The van der Waals surface area contributed by atoms with E-state index in [0.717, 1.165) is 0 Å². The van der Waals surface area contributed by atoms with E-state index in [4.69, 9.17) is 15.3 Å². The Kier molecular flexibility index (Phi) is 5.50. The lowest BCUT2D eigenvalue weighted by molar-refractivity contribution is -0.129. The average Bonchev–Trinajstić information content (AvgIpc) is 3.04. The monoisotopic (exact) mass is 393 g/mol. The third kappa shape index (κ3) is 3.53. The van der Waals surface area contributed by atoms with Gasteiger partial charge in [-0.2, -0.15) is 0 Å². The van der Waals surface area contributed by atoms with E-state index in [0.29, 0.717) is 33.5 Å². The number of carboxylic acids is 1. The number of aromatic nitrogens is 2. The quantitative estimate of drug-likeness (QED) is 0.514. The maximum Gasteiger partial charge on any atom is 0.350 e. The molecule has 3 N–H and O–H groups in total. The van der Waals surface area contributed by atoms with Crippen LogP contribution in [0.1, 0.15) is 35.4 Å². The maximum atomic E-state index is 11.8. The van der Waals surface area contributed by atoms with E-state index >= 15 is 0 Å². The smallest absolute Gasteiger partial charge is 0.350 e. The van der Waals surface area contributed by atoms with Crippen LogP contribution in [0, 0.1) is 5.41 Å². The standard InChI is InChI=1S/C16H16BrN3O4/c1-3-9(13(18)15(21)22)14-19-7-12(20-14)8-4-5-11(17)10(6-8)16(23)24-2/h4-7,9,18H,3H2,1-2H3,(H,19,20)(H,21,22). The van der Waals surface area contributed by atoms with Gasteiger partial charge in [0.2, 0.25) is 0 Å². The van der Waals surface area contributed by atoms with Gasteiger partial charge in [-0.25, -0.2) is 14.6 Å². The molecule has 24 heavy (non-hydrogen) atoms. The first-order chi connectivity index (χ1) is 11.4. The molecule has 0 saturated carbocycles. The van der Waals surface area contributed by atoms with Crippen LogP contribution in [0.5, 0.6) is 0 Å². The third-order valence-electron chi connectivity index (χ3n) is 3.60. The van der Waals surface area contributed by atoms with E-state index in [-0.39, 0.29) is 0 Å². The predicted octanol–water partition coefficient (Wildman–Crippen LogP) is 3.22. The number of carbonyl (C=O) groups is 2. The van der Waals surface area contributed by atoms with E-state index in [9.17, 15) is 9.59 Å². The summed E-state index contributed by atoms with van der Waals surface area (Å²) < 4.78 is 5.35. The minimum Gasteiger partial charge on any atom is -0.477 e. The Morgan fingerprint density at radius 3 is 2.75 bits per heavy atom. The number of hydrogen-bond donors (Lipinski definition) is 3. The third-order valence-corrected chi connectivity index (χ3v) is 4.29. The molecule has 1 aromatic carbocycles. The highest BCUT2D eigenvalue weighted by Crippen LogP contribution is 2.27. The number of carboxylic acid groups (broad SMARTS) is 1. The summed E-state index contributed by atoms with van der Waals surface area (Å²) in [7, 11) is 1.30. The zero-order chi connectivity index (χ0) is 17.9. The largest absolute Gasteiger partial charge is 0.477 e. The first-order valence-corrected chi connectivity index (χ1v) is 7.93. The fourth-order valence-electron chi connectivity index (χ4n) is 2.30.